The molecule has 0 spiro atoms. The van der Waals surface area contributed by atoms with E-state index in [1.54, 1.807) is 12.1 Å². The Hall–Kier alpha value is -1.79. The van der Waals surface area contributed by atoms with Gasteiger partial charge in [-0.25, -0.2) is 5.01 Å². The molecule has 0 bridgehead atoms. The van der Waals surface area contributed by atoms with Crippen LogP contribution in [-0.4, -0.2) is 29.7 Å². The molecule has 0 aliphatic carbocycles. The van der Waals surface area contributed by atoms with Gasteiger partial charge in [-0.15, -0.1) is 0 Å². The van der Waals surface area contributed by atoms with Crippen LogP contribution in [-0.2, 0) is 4.79 Å². The van der Waals surface area contributed by atoms with E-state index in [0.29, 0.717) is 26.5 Å². The van der Waals surface area contributed by atoms with Gasteiger partial charge in [-0.1, -0.05) is 53.9 Å². The molecule has 152 valence electrons. The van der Waals surface area contributed by atoms with Crippen molar-refractivity contribution in [3.63, 3.8) is 0 Å². The Morgan fingerprint density at radius 1 is 1.03 bits per heavy atom. The molecular weight excluding hydrogens is 431 g/mol. The predicted molar refractivity (Wildman–Crippen MR) is 119 cm³/mol. The topological polar surface area (TPSA) is 47.9 Å². The van der Waals surface area contributed by atoms with Crippen LogP contribution in [0.15, 0.2) is 47.6 Å². The molecule has 0 saturated carbocycles. The highest BCUT2D eigenvalue weighted by atomic mass is 35.5. The van der Waals surface area contributed by atoms with Crippen LogP contribution in [0.4, 0.5) is 5.69 Å². The van der Waals surface area contributed by atoms with Gasteiger partial charge in [0.25, 0.3) is 5.91 Å². The van der Waals surface area contributed by atoms with Crippen molar-refractivity contribution in [3.8, 4) is 0 Å². The van der Waals surface area contributed by atoms with E-state index in [4.69, 9.17) is 39.9 Å². The number of anilines is 1. The summed E-state index contributed by atoms with van der Waals surface area (Å²) in [4.78, 5) is 13.0. The lowest BCUT2D eigenvalue weighted by Crippen LogP contribution is -2.44. The van der Waals surface area contributed by atoms with Crippen molar-refractivity contribution in [2.24, 2.45) is 11.0 Å². The van der Waals surface area contributed by atoms with Gasteiger partial charge < -0.3 is 0 Å². The van der Waals surface area contributed by atoms with Crippen molar-refractivity contribution in [2.75, 3.05) is 18.1 Å². The number of hydrazone groups is 1. The smallest absolute Gasteiger partial charge is 0.282 e. The van der Waals surface area contributed by atoms with E-state index in [1.807, 2.05) is 47.3 Å². The van der Waals surface area contributed by atoms with Gasteiger partial charge in [0.2, 0.25) is 0 Å². The predicted octanol–water partition coefficient (Wildman–Crippen LogP) is 5.33. The van der Waals surface area contributed by atoms with Crippen molar-refractivity contribution in [1.29, 1.82) is 0 Å². The van der Waals surface area contributed by atoms with Gasteiger partial charge in [-0.05, 0) is 48.7 Å². The van der Waals surface area contributed by atoms with Crippen molar-refractivity contribution < 1.29 is 4.79 Å². The number of hydrazine groups is 1. The average Bonchev–Trinajstić information content (AvgIpc) is 3.30. The van der Waals surface area contributed by atoms with Crippen LogP contribution >= 0.6 is 34.8 Å². The largest absolute Gasteiger partial charge is 0.284 e. The molecule has 5 nitrogen and oxygen atoms in total. The molecule has 2 heterocycles. The number of benzene rings is 2. The molecule has 29 heavy (non-hydrogen) atoms. The van der Waals surface area contributed by atoms with E-state index in [9.17, 15) is 4.79 Å². The molecular formula is C21H21Cl3N4O. The lowest BCUT2D eigenvalue weighted by molar-refractivity contribution is -0.119. The van der Waals surface area contributed by atoms with Crippen LogP contribution in [0.25, 0.3) is 0 Å². The standard InChI is InChI=1S/C21H21Cl3N4O/c1-13-19(21(29)26-27-10-2-3-11-27)25-28(18-9-8-16(23)12-17(18)24)20(13)14-4-6-15(22)7-5-14/h4-9,12-13,20H,2-3,10-11H2,1H3,(H,26,29). The molecule has 2 aromatic rings. The van der Waals surface area contributed by atoms with Gasteiger partial charge in [0, 0.05) is 29.1 Å². The van der Waals surface area contributed by atoms with Gasteiger partial charge in [-0.3, -0.25) is 15.2 Å². The number of nitrogens with one attached hydrogen (secondary N) is 1. The minimum absolute atomic E-state index is 0.148. The fourth-order valence-electron chi connectivity index (χ4n) is 3.87. The summed E-state index contributed by atoms with van der Waals surface area (Å²) < 4.78 is 0. The first-order valence-corrected chi connectivity index (χ1v) is 10.7. The molecule has 2 aliphatic rings. The highest BCUT2D eigenvalue weighted by molar-refractivity contribution is 6.41. The number of nitrogens with zero attached hydrogens (tertiary/aromatic N) is 3. The minimum atomic E-state index is -0.190. The second kappa shape index (κ2) is 8.52. The minimum Gasteiger partial charge on any atom is -0.284 e. The van der Waals surface area contributed by atoms with Crippen LogP contribution in [0.2, 0.25) is 15.1 Å². The molecule has 1 fully saturated rings. The van der Waals surface area contributed by atoms with Crippen molar-refractivity contribution in [2.45, 2.75) is 25.8 Å². The van der Waals surface area contributed by atoms with Crippen molar-refractivity contribution >= 4 is 52.1 Å². The third-order valence-electron chi connectivity index (χ3n) is 5.35. The summed E-state index contributed by atoms with van der Waals surface area (Å²) in [5.74, 6) is -0.323. The third kappa shape index (κ3) is 4.24. The Balaban J connectivity index is 1.70. The average molecular weight is 452 g/mol. The molecule has 1 saturated heterocycles. The normalized spacial score (nSPS) is 22.1. The van der Waals surface area contributed by atoms with E-state index >= 15 is 0 Å². The van der Waals surface area contributed by atoms with E-state index in [1.165, 1.54) is 0 Å². The Morgan fingerprint density at radius 2 is 1.69 bits per heavy atom. The lowest BCUT2D eigenvalue weighted by Gasteiger charge is -2.27. The van der Waals surface area contributed by atoms with Crippen LogP contribution in [0.1, 0.15) is 31.4 Å². The zero-order valence-corrected chi connectivity index (χ0v) is 18.2. The maximum atomic E-state index is 13.0. The first-order valence-electron chi connectivity index (χ1n) is 9.58. The fourth-order valence-corrected chi connectivity index (χ4v) is 4.49. The molecule has 2 atom stereocenters. The number of carbonyl (C=O) groups is 1. The number of hydrogen-bond donors (Lipinski definition) is 1. The van der Waals surface area contributed by atoms with Crippen LogP contribution < -0.4 is 10.4 Å². The molecule has 8 heteroatoms. The monoisotopic (exact) mass is 450 g/mol. The summed E-state index contributed by atoms with van der Waals surface area (Å²) in [6.07, 6.45) is 2.17. The molecule has 2 aliphatic heterocycles. The Kier molecular flexibility index (Phi) is 6.02. The second-order valence-electron chi connectivity index (χ2n) is 7.35. The molecule has 2 unspecified atom stereocenters. The third-order valence-corrected chi connectivity index (χ3v) is 6.14. The van der Waals surface area contributed by atoms with Gasteiger partial charge in [0.05, 0.1) is 16.8 Å². The summed E-state index contributed by atoms with van der Waals surface area (Å²) in [6, 6.07) is 12.7. The number of hydrogen-bond acceptors (Lipinski definition) is 4. The Morgan fingerprint density at radius 3 is 2.34 bits per heavy atom. The number of carbonyl (C=O) groups excluding carboxylic acids is 1. The van der Waals surface area contributed by atoms with E-state index in [-0.39, 0.29) is 17.9 Å². The van der Waals surface area contributed by atoms with Gasteiger partial charge in [0.1, 0.15) is 5.71 Å². The van der Waals surface area contributed by atoms with Crippen LogP contribution in [0, 0.1) is 5.92 Å². The fraction of sp³-hybridized carbons (Fsp3) is 0.333. The van der Waals surface area contributed by atoms with Crippen molar-refractivity contribution in [1.82, 2.24) is 10.4 Å². The molecule has 1 N–H and O–H groups in total. The van der Waals surface area contributed by atoms with E-state index in [2.05, 4.69) is 5.43 Å². The molecule has 0 radical (unpaired) electrons. The zero-order chi connectivity index (χ0) is 20.5. The molecule has 4 rings (SSSR count). The first-order chi connectivity index (χ1) is 13.9. The number of rotatable bonds is 4. The second-order valence-corrected chi connectivity index (χ2v) is 8.63. The maximum absolute atomic E-state index is 13.0. The zero-order valence-electron chi connectivity index (χ0n) is 15.9. The van der Waals surface area contributed by atoms with Gasteiger partial charge in [-0.2, -0.15) is 5.10 Å². The number of amides is 1. The molecule has 2 aromatic carbocycles. The quantitative estimate of drug-likeness (QED) is 0.684. The Bertz CT molecular complexity index is 941. The van der Waals surface area contributed by atoms with Crippen LogP contribution in [0.5, 0.6) is 0 Å². The number of halogens is 3. The van der Waals surface area contributed by atoms with Gasteiger partial charge >= 0.3 is 0 Å². The molecule has 1 amide bonds. The lowest BCUT2D eigenvalue weighted by atomic mass is 9.91. The van der Waals surface area contributed by atoms with Gasteiger partial charge in [0.15, 0.2) is 0 Å². The summed E-state index contributed by atoms with van der Waals surface area (Å²) in [5, 5.41) is 10.1. The Labute approximate surface area is 185 Å². The highest BCUT2D eigenvalue weighted by Crippen LogP contribution is 2.42. The highest BCUT2D eigenvalue weighted by Gasteiger charge is 2.40. The summed E-state index contributed by atoms with van der Waals surface area (Å²) >= 11 is 18.6. The molecule has 0 aromatic heterocycles. The summed E-state index contributed by atoms with van der Waals surface area (Å²) in [6.45, 7) is 3.73. The van der Waals surface area contributed by atoms with E-state index < -0.39 is 0 Å². The van der Waals surface area contributed by atoms with Crippen LogP contribution in [0.3, 0.4) is 0 Å². The maximum Gasteiger partial charge on any atom is 0.282 e. The summed E-state index contributed by atoms with van der Waals surface area (Å²) in [5.41, 5.74) is 5.17. The summed E-state index contributed by atoms with van der Waals surface area (Å²) in [7, 11) is 0. The SMILES string of the molecule is CC1C(C(=O)NN2CCCC2)=NN(c2ccc(Cl)cc2Cl)C1c1ccc(Cl)cc1. The van der Waals surface area contributed by atoms with E-state index in [0.717, 1.165) is 31.5 Å². The first kappa shape index (κ1) is 20.5. The van der Waals surface area contributed by atoms with Crippen molar-refractivity contribution in [3.05, 3.63) is 63.1 Å².